The molecule has 2 bridgehead atoms. The van der Waals surface area contributed by atoms with E-state index in [-0.39, 0.29) is 47.3 Å². The third-order valence-corrected chi connectivity index (χ3v) is 7.07. The molecular weight excluding hydrogens is 348 g/mol. The number of amides is 2. The van der Waals surface area contributed by atoms with Crippen LogP contribution >= 0.6 is 0 Å². The van der Waals surface area contributed by atoms with Gasteiger partial charge in [-0.05, 0) is 41.2 Å². The van der Waals surface area contributed by atoms with E-state index in [0.29, 0.717) is 11.4 Å². The number of hydrogen-bond donors (Lipinski definition) is 1. The number of benzene rings is 2. The van der Waals surface area contributed by atoms with Crippen LogP contribution in [0.2, 0.25) is 0 Å². The Balaban J connectivity index is 1.54. The Labute approximate surface area is 163 Å². The summed E-state index contributed by atoms with van der Waals surface area (Å²) in [4.78, 5) is 28.5. The molecule has 2 fully saturated rings. The Bertz CT molecular complexity index is 1020. The lowest BCUT2D eigenvalue weighted by Gasteiger charge is -2.53. The zero-order chi connectivity index (χ0) is 19.0. The number of allylic oxidation sites excluding steroid dienone is 4. The van der Waals surface area contributed by atoms with Gasteiger partial charge in [0.25, 0.3) is 0 Å². The molecular formula is C24H20N2O2. The van der Waals surface area contributed by atoms with Crippen molar-refractivity contribution in [2.75, 3.05) is 10.6 Å². The molecule has 0 aromatic heterocycles. The maximum atomic E-state index is 13.6. The topological polar surface area (TPSA) is 63.4 Å². The monoisotopic (exact) mass is 368 g/mol. The first-order valence-electron chi connectivity index (χ1n) is 9.84. The van der Waals surface area contributed by atoms with E-state index in [9.17, 15) is 9.59 Å². The van der Waals surface area contributed by atoms with Crippen LogP contribution in [0.15, 0.2) is 72.8 Å². The fourth-order valence-corrected chi connectivity index (χ4v) is 6.14. The second-order valence-electron chi connectivity index (χ2n) is 8.26. The van der Waals surface area contributed by atoms with Crippen LogP contribution in [0.4, 0.5) is 11.4 Å². The van der Waals surface area contributed by atoms with Gasteiger partial charge in [-0.1, -0.05) is 54.6 Å². The number of imide groups is 1. The molecule has 138 valence electrons. The predicted octanol–water partition coefficient (Wildman–Crippen LogP) is 3.63. The van der Waals surface area contributed by atoms with E-state index in [4.69, 9.17) is 5.73 Å². The first-order valence-corrected chi connectivity index (χ1v) is 9.84. The minimum Gasteiger partial charge on any atom is -0.399 e. The summed E-state index contributed by atoms with van der Waals surface area (Å²) in [6.45, 7) is 0. The SMILES string of the molecule is Nc1cccc(N2C(=O)[C@@H]3[C@H](C2=O)[C@H]2c4ccccc4[C@H]3[C@@H]3C=CC=C[C@H]32)c1. The van der Waals surface area contributed by atoms with E-state index >= 15 is 0 Å². The van der Waals surface area contributed by atoms with Gasteiger partial charge < -0.3 is 5.73 Å². The van der Waals surface area contributed by atoms with Gasteiger partial charge >= 0.3 is 0 Å². The van der Waals surface area contributed by atoms with Gasteiger partial charge in [0.05, 0.1) is 17.5 Å². The van der Waals surface area contributed by atoms with Gasteiger partial charge in [0.15, 0.2) is 0 Å². The number of rotatable bonds is 1. The van der Waals surface area contributed by atoms with E-state index in [1.807, 2.05) is 12.1 Å². The highest BCUT2D eigenvalue weighted by molar-refractivity contribution is 6.23. The maximum absolute atomic E-state index is 13.6. The predicted molar refractivity (Wildman–Crippen MR) is 108 cm³/mol. The number of anilines is 2. The van der Waals surface area contributed by atoms with Crippen molar-refractivity contribution >= 4 is 23.2 Å². The quantitative estimate of drug-likeness (QED) is 0.618. The highest BCUT2D eigenvalue weighted by Gasteiger charge is 2.64. The minimum atomic E-state index is -0.300. The summed E-state index contributed by atoms with van der Waals surface area (Å²) in [6.07, 6.45) is 8.62. The van der Waals surface area contributed by atoms with Gasteiger partial charge in [-0.15, -0.1) is 0 Å². The van der Waals surface area contributed by atoms with E-state index in [1.54, 1.807) is 24.3 Å². The van der Waals surface area contributed by atoms with Gasteiger partial charge in [-0.25, -0.2) is 4.90 Å². The van der Waals surface area contributed by atoms with Crippen LogP contribution in [0, 0.1) is 23.7 Å². The molecule has 2 aromatic rings. The Morgan fingerprint density at radius 2 is 1.29 bits per heavy atom. The molecule has 0 radical (unpaired) electrons. The average molecular weight is 368 g/mol. The van der Waals surface area contributed by atoms with Crippen LogP contribution in [-0.2, 0) is 9.59 Å². The second-order valence-corrected chi connectivity index (χ2v) is 8.26. The number of nitrogens with zero attached hydrogens (tertiary/aromatic N) is 1. The zero-order valence-corrected chi connectivity index (χ0v) is 15.2. The molecule has 0 spiro atoms. The summed E-state index contributed by atoms with van der Waals surface area (Å²) in [6, 6.07) is 15.5. The molecule has 1 saturated heterocycles. The van der Waals surface area contributed by atoms with Gasteiger partial charge in [-0.3, -0.25) is 9.59 Å². The maximum Gasteiger partial charge on any atom is 0.238 e. The molecule has 28 heavy (non-hydrogen) atoms. The van der Waals surface area contributed by atoms with Crippen LogP contribution in [0.25, 0.3) is 0 Å². The first-order chi connectivity index (χ1) is 13.7. The van der Waals surface area contributed by atoms with Gasteiger partial charge in [-0.2, -0.15) is 0 Å². The van der Waals surface area contributed by atoms with Gasteiger partial charge in [0.2, 0.25) is 11.8 Å². The largest absolute Gasteiger partial charge is 0.399 e. The number of nitrogens with two attached hydrogens (primary N) is 1. The number of hydrogen-bond acceptors (Lipinski definition) is 3. The lowest BCUT2D eigenvalue weighted by Crippen LogP contribution is -2.49. The Hall–Kier alpha value is -3.14. The van der Waals surface area contributed by atoms with Crippen molar-refractivity contribution in [3.8, 4) is 0 Å². The summed E-state index contributed by atoms with van der Waals surface area (Å²) in [5, 5.41) is 0. The summed E-state index contributed by atoms with van der Waals surface area (Å²) in [7, 11) is 0. The molecule has 0 unspecified atom stereocenters. The van der Waals surface area contributed by atoms with Crippen molar-refractivity contribution in [2.24, 2.45) is 23.7 Å². The van der Waals surface area contributed by atoms with E-state index < -0.39 is 0 Å². The van der Waals surface area contributed by atoms with Crippen LogP contribution in [0.3, 0.4) is 0 Å². The zero-order valence-electron chi connectivity index (χ0n) is 15.2. The van der Waals surface area contributed by atoms with Gasteiger partial charge in [0, 0.05) is 17.5 Å². The molecule has 5 aliphatic rings. The third kappa shape index (κ3) is 1.85. The minimum absolute atomic E-state index is 0.0416. The highest BCUT2D eigenvalue weighted by Crippen LogP contribution is 2.64. The van der Waals surface area contributed by atoms with E-state index in [0.717, 1.165) is 0 Å². The summed E-state index contributed by atoms with van der Waals surface area (Å²) < 4.78 is 0. The highest BCUT2D eigenvalue weighted by atomic mass is 16.2. The van der Waals surface area contributed by atoms with Crippen LogP contribution in [0.1, 0.15) is 23.0 Å². The van der Waals surface area contributed by atoms with Crippen molar-refractivity contribution in [2.45, 2.75) is 11.8 Å². The van der Waals surface area contributed by atoms with Crippen LogP contribution < -0.4 is 10.6 Å². The molecule has 2 N–H and O–H groups in total. The molecule has 4 nitrogen and oxygen atoms in total. The van der Waals surface area contributed by atoms with Gasteiger partial charge in [0.1, 0.15) is 0 Å². The third-order valence-electron chi connectivity index (χ3n) is 7.07. The lowest BCUT2D eigenvalue weighted by molar-refractivity contribution is -0.125. The molecule has 1 heterocycles. The molecule has 6 atom stereocenters. The molecule has 1 saturated carbocycles. The van der Waals surface area contributed by atoms with E-state index in [1.165, 1.54) is 16.0 Å². The standard InChI is InChI=1S/C24H20N2O2/c25-13-6-5-7-14(12-13)26-23(27)21-19-15-8-1-2-9-16(15)20(22(21)24(26)28)18-11-4-3-10-17(18)19/h1-12,15-16,19-22H,25H2/t15-,16-,19-,20-,21-,22+/m1/s1. The molecule has 2 amide bonds. The van der Waals surface area contributed by atoms with Crippen molar-refractivity contribution < 1.29 is 9.59 Å². The van der Waals surface area contributed by atoms with Crippen LogP contribution in [-0.4, -0.2) is 11.8 Å². The first kappa shape index (κ1) is 15.9. The fourth-order valence-electron chi connectivity index (χ4n) is 6.14. The van der Waals surface area contributed by atoms with Crippen LogP contribution in [0.5, 0.6) is 0 Å². The summed E-state index contributed by atoms with van der Waals surface area (Å²) in [5.41, 5.74) is 9.55. The van der Waals surface area contributed by atoms with Crippen molar-refractivity contribution in [3.63, 3.8) is 0 Å². The number of carbonyl (C=O) groups is 2. The smallest absolute Gasteiger partial charge is 0.238 e. The molecule has 7 rings (SSSR count). The lowest BCUT2D eigenvalue weighted by atomic mass is 9.48. The molecule has 1 aliphatic heterocycles. The summed E-state index contributed by atoms with van der Waals surface area (Å²) >= 11 is 0. The Kier molecular flexibility index (Phi) is 3.09. The molecule has 4 heteroatoms. The molecule has 2 aromatic carbocycles. The number of carbonyl (C=O) groups excluding carboxylic acids is 2. The van der Waals surface area contributed by atoms with Crippen molar-refractivity contribution in [1.29, 1.82) is 0 Å². The van der Waals surface area contributed by atoms with Crippen molar-refractivity contribution in [3.05, 3.63) is 84.0 Å². The Morgan fingerprint density at radius 3 is 1.82 bits per heavy atom. The second kappa shape index (κ2) is 5.44. The van der Waals surface area contributed by atoms with E-state index in [2.05, 4.69) is 36.4 Å². The summed E-state index contributed by atoms with van der Waals surface area (Å²) in [5.74, 6) is -0.136. The molecule has 4 aliphatic carbocycles. The fraction of sp³-hybridized carbons (Fsp3) is 0.250. The van der Waals surface area contributed by atoms with Crippen molar-refractivity contribution in [1.82, 2.24) is 0 Å². The normalized spacial score (nSPS) is 34.4. The Morgan fingerprint density at radius 1 is 0.714 bits per heavy atom. The average Bonchev–Trinajstić information content (AvgIpc) is 2.99. The number of nitrogen functional groups attached to an aromatic ring is 1.